The molecule has 0 bridgehead atoms. The van der Waals surface area contributed by atoms with Crippen LogP contribution in [0.5, 0.6) is 0 Å². The van der Waals surface area contributed by atoms with Crippen LogP contribution in [-0.2, 0) is 19.0 Å². The minimum atomic E-state index is 0.141. The summed E-state index contributed by atoms with van der Waals surface area (Å²) in [4.78, 5) is 0. The molecule has 1 N–H and O–H groups in total. The van der Waals surface area contributed by atoms with Crippen molar-refractivity contribution in [3.05, 3.63) is 17.5 Å². The van der Waals surface area contributed by atoms with E-state index in [4.69, 9.17) is 0 Å². The first-order chi connectivity index (χ1) is 6.97. The molecular weight excluding hydrogens is 186 g/mol. The molecule has 1 aromatic heterocycles. The van der Waals surface area contributed by atoms with E-state index in [2.05, 4.69) is 37.4 Å². The highest BCUT2D eigenvalue weighted by molar-refractivity contribution is 5.24. The van der Waals surface area contributed by atoms with Crippen molar-refractivity contribution < 1.29 is 0 Å². The number of hydrogen-bond donors (Lipinski definition) is 1. The van der Waals surface area contributed by atoms with E-state index in [-0.39, 0.29) is 5.41 Å². The standard InChI is InChI=1S/C12H21N3/c1-12(2,3)11-9(8-15(4)14-11)7-13-10-5-6-10/h8,10,13H,5-7H2,1-4H3. The molecule has 0 atom stereocenters. The summed E-state index contributed by atoms with van der Waals surface area (Å²) in [5.41, 5.74) is 2.71. The first-order valence-electron chi connectivity index (χ1n) is 5.73. The fourth-order valence-electron chi connectivity index (χ4n) is 1.84. The quantitative estimate of drug-likeness (QED) is 0.821. The second-order valence-electron chi connectivity index (χ2n) is 5.58. The van der Waals surface area contributed by atoms with Gasteiger partial charge in [0.25, 0.3) is 0 Å². The van der Waals surface area contributed by atoms with Crippen molar-refractivity contribution in [1.82, 2.24) is 15.1 Å². The third kappa shape index (κ3) is 2.59. The summed E-state index contributed by atoms with van der Waals surface area (Å²) in [6, 6.07) is 0.762. The summed E-state index contributed by atoms with van der Waals surface area (Å²) in [5.74, 6) is 0. The van der Waals surface area contributed by atoms with Crippen LogP contribution in [0.15, 0.2) is 6.20 Å². The van der Waals surface area contributed by atoms with Crippen molar-refractivity contribution in [1.29, 1.82) is 0 Å². The van der Waals surface area contributed by atoms with Gasteiger partial charge in [0.05, 0.1) is 5.69 Å². The van der Waals surface area contributed by atoms with E-state index < -0.39 is 0 Å². The van der Waals surface area contributed by atoms with Crippen LogP contribution in [0.2, 0.25) is 0 Å². The van der Waals surface area contributed by atoms with E-state index in [1.54, 1.807) is 0 Å². The molecule has 1 fully saturated rings. The van der Waals surface area contributed by atoms with Crippen LogP contribution in [-0.4, -0.2) is 15.8 Å². The third-order valence-corrected chi connectivity index (χ3v) is 2.77. The number of rotatable bonds is 3. The molecule has 1 aliphatic carbocycles. The predicted molar refractivity (Wildman–Crippen MR) is 61.8 cm³/mol. The fraction of sp³-hybridized carbons (Fsp3) is 0.750. The lowest BCUT2D eigenvalue weighted by atomic mass is 9.89. The summed E-state index contributed by atoms with van der Waals surface area (Å²) in [7, 11) is 2.00. The summed E-state index contributed by atoms with van der Waals surface area (Å²) in [5, 5.41) is 8.10. The van der Waals surface area contributed by atoms with Crippen LogP contribution in [0.1, 0.15) is 44.9 Å². The highest BCUT2D eigenvalue weighted by atomic mass is 15.3. The molecule has 0 amide bonds. The Hall–Kier alpha value is -0.830. The van der Waals surface area contributed by atoms with Gasteiger partial charge in [0.1, 0.15) is 0 Å². The number of hydrogen-bond acceptors (Lipinski definition) is 2. The molecule has 0 saturated heterocycles. The minimum Gasteiger partial charge on any atom is -0.310 e. The SMILES string of the molecule is Cn1cc(CNC2CC2)c(C(C)(C)C)n1. The van der Waals surface area contributed by atoms with Crippen molar-refractivity contribution in [2.24, 2.45) is 7.05 Å². The maximum Gasteiger partial charge on any atom is 0.0722 e. The Morgan fingerprint density at radius 2 is 2.13 bits per heavy atom. The summed E-state index contributed by atoms with van der Waals surface area (Å²) in [6.07, 6.45) is 4.81. The van der Waals surface area contributed by atoms with Gasteiger partial charge in [0.15, 0.2) is 0 Å². The number of aromatic nitrogens is 2. The lowest BCUT2D eigenvalue weighted by Gasteiger charge is -2.17. The van der Waals surface area contributed by atoms with E-state index in [1.165, 1.54) is 24.1 Å². The zero-order valence-electron chi connectivity index (χ0n) is 10.2. The fourth-order valence-corrected chi connectivity index (χ4v) is 1.84. The van der Waals surface area contributed by atoms with E-state index >= 15 is 0 Å². The largest absolute Gasteiger partial charge is 0.310 e. The van der Waals surface area contributed by atoms with Gasteiger partial charge >= 0.3 is 0 Å². The number of nitrogens with zero attached hydrogens (tertiary/aromatic N) is 2. The Morgan fingerprint density at radius 1 is 1.47 bits per heavy atom. The van der Waals surface area contributed by atoms with Gasteiger partial charge in [-0.05, 0) is 12.8 Å². The number of aryl methyl sites for hydroxylation is 1. The van der Waals surface area contributed by atoms with E-state index in [0.29, 0.717) is 0 Å². The Balaban J connectivity index is 2.13. The number of nitrogens with one attached hydrogen (secondary N) is 1. The molecule has 0 spiro atoms. The molecule has 0 radical (unpaired) electrons. The average molecular weight is 207 g/mol. The van der Waals surface area contributed by atoms with Crippen molar-refractivity contribution in [3.8, 4) is 0 Å². The molecule has 1 aliphatic rings. The zero-order chi connectivity index (χ0) is 11.1. The van der Waals surface area contributed by atoms with Crippen LogP contribution in [0, 0.1) is 0 Å². The molecule has 2 rings (SSSR count). The molecule has 15 heavy (non-hydrogen) atoms. The van der Waals surface area contributed by atoms with Crippen LogP contribution in [0.25, 0.3) is 0 Å². The van der Waals surface area contributed by atoms with Crippen LogP contribution < -0.4 is 5.32 Å². The monoisotopic (exact) mass is 207 g/mol. The molecule has 3 nitrogen and oxygen atoms in total. The normalized spacial score (nSPS) is 17.1. The van der Waals surface area contributed by atoms with Gasteiger partial charge in [0.2, 0.25) is 0 Å². The molecule has 1 aromatic rings. The molecule has 1 heterocycles. The Kier molecular flexibility index (Phi) is 2.59. The van der Waals surface area contributed by atoms with Gasteiger partial charge in [-0.2, -0.15) is 5.10 Å². The van der Waals surface area contributed by atoms with Crippen molar-refractivity contribution >= 4 is 0 Å². The van der Waals surface area contributed by atoms with Crippen LogP contribution in [0.4, 0.5) is 0 Å². The second kappa shape index (κ2) is 3.63. The predicted octanol–water partition coefficient (Wildman–Crippen LogP) is 1.97. The molecular formula is C12H21N3. The van der Waals surface area contributed by atoms with Crippen molar-refractivity contribution in [2.75, 3.05) is 0 Å². The van der Waals surface area contributed by atoms with Gasteiger partial charge in [-0.3, -0.25) is 4.68 Å². The molecule has 1 saturated carbocycles. The minimum absolute atomic E-state index is 0.141. The van der Waals surface area contributed by atoms with Crippen molar-refractivity contribution in [3.63, 3.8) is 0 Å². The topological polar surface area (TPSA) is 29.9 Å². The highest BCUT2D eigenvalue weighted by Crippen LogP contribution is 2.25. The van der Waals surface area contributed by atoms with E-state index in [1.807, 2.05) is 11.7 Å². The molecule has 3 heteroatoms. The van der Waals surface area contributed by atoms with Crippen molar-refractivity contribution in [2.45, 2.75) is 51.6 Å². The first-order valence-corrected chi connectivity index (χ1v) is 5.73. The lowest BCUT2D eigenvalue weighted by molar-refractivity contribution is 0.543. The summed E-state index contributed by atoms with van der Waals surface area (Å²) >= 11 is 0. The van der Waals surface area contributed by atoms with Gasteiger partial charge in [0, 0.05) is 36.8 Å². The zero-order valence-corrected chi connectivity index (χ0v) is 10.2. The van der Waals surface area contributed by atoms with Gasteiger partial charge < -0.3 is 5.32 Å². The smallest absolute Gasteiger partial charge is 0.0722 e. The Morgan fingerprint density at radius 3 is 2.67 bits per heavy atom. The highest BCUT2D eigenvalue weighted by Gasteiger charge is 2.24. The van der Waals surface area contributed by atoms with E-state index in [9.17, 15) is 0 Å². The molecule has 84 valence electrons. The maximum atomic E-state index is 4.56. The second-order valence-corrected chi connectivity index (χ2v) is 5.58. The Labute approximate surface area is 91.9 Å². The van der Waals surface area contributed by atoms with Gasteiger partial charge in [-0.15, -0.1) is 0 Å². The average Bonchev–Trinajstić information content (AvgIpc) is 2.85. The summed E-state index contributed by atoms with van der Waals surface area (Å²) < 4.78 is 1.92. The van der Waals surface area contributed by atoms with Crippen LogP contribution in [0.3, 0.4) is 0 Å². The van der Waals surface area contributed by atoms with Gasteiger partial charge in [-0.1, -0.05) is 20.8 Å². The van der Waals surface area contributed by atoms with E-state index in [0.717, 1.165) is 12.6 Å². The summed E-state index contributed by atoms with van der Waals surface area (Å²) in [6.45, 7) is 7.62. The molecule has 0 aromatic carbocycles. The Bertz CT molecular complexity index is 342. The molecule has 0 unspecified atom stereocenters. The maximum absolute atomic E-state index is 4.56. The first kappa shape index (κ1) is 10.7. The third-order valence-electron chi connectivity index (χ3n) is 2.77. The molecule has 0 aliphatic heterocycles. The van der Waals surface area contributed by atoms with Gasteiger partial charge in [-0.25, -0.2) is 0 Å². The lowest BCUT2D eigenvalue weighted by Crippen LogP contribution is -2.20. The van der Waals surface area contributed by atoms with Crippen LogP contribution >= 0.6 is 0 Å².